The zero-order chi connectivity index (χ0) is 13.2. The summed E-state index contributed by atoms with van der Waals surface area (Å²) in [7, 11) is 0. The molecule has 3 rings (SSSR count). The first kappa shape index (κ1) is 12.1. The molecule has 0 bridgehead atoms. The number of hydrogen-bond donors (Lipinski definition) is 1. The van der Waals surface area contributed by atoms with Crippen LogP contribution in [0.4, 0.5) is 9.52 Å². The lowest BCUT2D eigenvalue weighted by atomic mass is 10.3. The van der Waals surface area contributed by atoms with Crippen LogP contribution in [-0.2, 0) is 6.54 Å². The van der Waals surface area contributed by atoms with Gasteiger partial charge >= 0.3 is 0 Å². The van der Waals surface area contributed by atoms with Crippen LogP contribution in [0, 0.1) is 5.82 Å². The van der Waals surface area contributed by atoms with Crippen LogP contribution in [0.15, 0.2) is 36.7 Å². The third-order valence-electron chi connectivity index (χ3n) is 2.74. The summed E-state index contributed by atoms with van der Waals surface area (Å²) in [6.45, 7) is 2.83. The second kappa shape index (κ2) is 4.97. The average Bonchev–Trinajstić information content (AvgIpc) is 2.97. The number of fused-ring (bicyclic) bond motifs is 1. The van der Waals surface area contributed by atoms with E-state index in [9.17, 15) is 4.39 Å². The van der Waals surface area contributed by atoms with E-state index in [-0.39, 0.29) is 11.9 Å². The van der Waals surface area contributed by atoms with E-state index in [1.165, 1.54) is 23.5 Å². The second-order valence-electron chi connectivity index (χ2n) is 4.40. The van der Waals surface area contributed by atoms with Crippen molar-refractivity contribution in [1.82, 2.24) is 14.8 Å². The summed E-state index contributed by atoms with van der Waals surface area (Å²) in [5, 5.41) is 8.28. The Morgan fingerprint density at radius 3 is 3.16 bits per heavy atom. The fraction of sp³-hybridized carbons (Fsp3) is 0.231. The van der Waals surface area contributed by atoms with Crippen molar-refractivity contribution in [1.29, 1.82) is 0 Å². The first-order valence-electron chi connectivity index (χ1n) is 6.01. The maximum Gasteiger partial charge on any atom is 0.184 e. The summed E-state index contributed by atoms with van der Waals surface area (Å²) in [6, 6.07) is 6.76. The standard InChI is InChI=1S/C13H13FN4S/c1-9(8-18-6-2-5-15-18)16-13-17-11-7-10(14)3-4-12(11)19-13/h2-7,9H,8H2,1H3,(H,16,17). The molecule has 1 N–H and O–H groups in total. The highest BCUT2D eigenvalue weighted by molar-refractivity contribution is 7.22. The van der Waals surface area contributed by atoms with Crippen LogP contribution in [0.2, 0.25) is 0 Å². The average molecular weight is 276 g/mol. The van der Waals surface area contributed by atoms with E-state index in [0.717, 1.165) is 16.4 Å². The van der Waals surface area contributed by atoms with E-state index < -0.39 is 0 Å². The van der Waals surface area contributed by atoms with E-state index in [2.05, 4.69) is 22.3 Å². The Morgan fingerprint density at radius 1 is 1.47 bits per heavy atom. The van der Waals surface area contributed by atoms with Crippen molar-refractivity contribution < 1.29 is 4.39 Å². The molecule has 0 fully saturated rings. The van der Waals surface area contributed by atoms with E-state index in [1.54, 1.807) is 12.3 Å². The molecule has 0 aliphatic carbocycles. The van der Waals surface area contributed by atoms with Gasteiger partial charge in [-0.3, -0.25) is 4.68 Å². The van der Waals surface area contributed by atoms with Gasteiger partial charge in [0.1, 0.15) is 5.82 Å². The molecule has 0 amide bonds. The Balaban J connectivity index is 1.74. The maximum absolute atomic E-state index is 13.1. The Bertz CT molecular complexity index is 677. The number of rotatable bonds is 4. The summed E-state index contributed by atoms with van der Waals surface area (Å²) in [4.78, 5) is 4.38. The molecule has 0 saturated heterocycles. The molecular formula is C13H13FN4S. The van der Waals surface area contributed by atoms with Gasteiger partial charge in [0.2, 0.25) is 0 Å². The minimum atomic E-state index is -0.256. The number of nitrogens with one attached hydrogen (secondary N) is 1. The van der Waals surface area contributed by atoms with Crippen LogP contribution in [-0.4, -0.2) is 20.8 Å². The lowest BCUT2D eigenvalue weighted by Gasteiger charge is -2.12. The molecule has 4 nitrogen and oxygen atoms in total. The van der Waals surface area contributed by atoms with E-state index in [4.69, 9.17) is 0 Å². The lowest BCUT2D eigenvalue weighted by molar-refractivity contribution is 0.561. The first-order valence-corrected chi connectivity index (χ1v) is 6.82. The van der Waals surface area contributed by atoms with Gasteiger partial charge in [0.05, 0.1) is 16.8 Å². The Morgan fingerprint density at radius 2 is 2.37 bits per heavy atom. The van der Waals surface area contributed by atoms with E-state index >= 15 is 0 Å². The third-order valence-corrected chi connectivity index (χ3v) is 3.71. The van der Waals surface area contributed by atoms with Crippen molar-refractivity contribution in [2.24, 2.45) is 0 Å². The molecule has 1 unspecified atom stereocenters. The summed E-state index contributed by atoms with van der Waals surface area (Å²) < 4.78 is 15.9. The van der Waals surface area contributed by atoms with Gasteiger partial charge in [-0.2, -0.15) is 5.10 Å². The van der Waals surface area contributed by atoms with Gasteiger partial charge in [-0.05, 0) is 25.1 Å². The number of hydrogen-bond acceptors (Lipinski definition) is 4. The second-order valence-corrected chi connectivity index (χ2v) is 5.44. The highest BCUT2D eigenvalue weighted by Gasteiger charge is 2.08. The molecule has 0 spiro atoms. The van der Waals surface area contributed by atoms with Crippen LogP contribution in [0.1, 0.15) is 6.92 Å². The lowest BCUT2D eigenvalue weighted by Crippen LogP contribution is -2.22. The van der Waals surface area contributed by atoms with Crippen molar-refractivity contribution in [2.45, 2.75) is 19.5 Å². The number of aromatic nitrogens is 3. The predicted octanol–water partition coefficient (Wildman–Crippen LogP) is 3.13. The van der Waals surface area contributed by atoms with Crippen molar-refractivity contribution >= 4 is 26.7 Å². The topological polar surface area (TPSA) is 42.7 Å². The Hall–Kier alpha value is -1.95. The monoisotopic (exact) mass is 276 g/mol. The van der Waals surface area contributed by atoms with Gasteiger partial charge in [-0.15, -0.1) is 0 Å². The number of thiazole rings is 1. The predicted molar refractivity (Wildman–Crippen MR) is 74.9 cm³/mol. The van der Waals surface area contributed by atoms with E-state index in [1.807, 2.05) is 16.9 Å². The van der Waals surface area contributed by atoms with Gasteiger partial charge in [0.15, 0.2) is 5.13 Å². The molecule has 2 heterocycles. The SMILES string of the molecule is CC(Cn1cccn1)Nc1nc2cc(F)ccc2s1. The van der Waals surface area contributed by atoms with Crippen LogP contribution in [0.25, 0.3) is 10.2 Å². The number of anilines is 1. The Kier molecular flexibility index (Phi) is 3.16. The minimum absolute atomic E-state index is 0.199. The fourth-order valence-electron chi connectivity index (χ4n) is 1.91. The summed E-state index contributed by atoms with van der Waals surface area (Å²) in [6.07, 6.45) is 3.68. The van der Waals surface area contributed by atoms with E-state index in [0.29, 0.717) is 5.52 Å². The van der Waals surface area contributed by atoms with Crippen molar-refractivity contribution in [3.63, 3.8) is 0 Å². The number of nitrogens with zero attached hydrogens (tertiary/aromatic N) is 3. The molecule has 0 radical (unpaired) electrons. The quantitative estimate of drug-likeness (QED) is 0.796. The Labute approximate surface area is 113 Å². The van der Waals surface area contributed by atoms with Gasteiger partial charge < -0.3 is 5.32 Å². The highest BCUT2D eigenvalue weighted by Crippen LogP contribution is 2.26. The molecular weight excluding hydrogens is 263 g/mol. The molecule has 1 aromatic carbocycles. The van der Waals surface area contributed by atoms with Crippen LogP contribution in [0.3, 0.4) is 0 Å². The van der Waals surface area contributed by atoms with Crippen molar-refractivity contribution in [3.8, 4) is 0 Å². The molecule has 3 aromatic rings. The van der Waals surface area contributed by atoms with Gasteiger partial charge in [-0.25, -0.2) is 9.37 Å². The van der Waals surface area contributed by atoms with Crippen LogP contribution >= 0.6 is 11.3 Å². The molecule has 0 saturated carbocycles. The van der Waals surface area contributed by atoms with Gasteiger partial charge in [-0.1, -0.05) is 11.3 Å². The third kappa shape index (κ3) is 2.73. The summed E-state index contributed by atoms with van der Waals surface area (Å²) in [5.41, 5.74) is 0.693. The highest BCUT2D eigenvalue weighted by atomic mass is 32.1. The van der Waals surface area contributed by atoms with Crippen LogP contribution < -0.4 is 5.32 Å². The molecule has 0 aliphatic heterocycles. The largest absolute Gasteiger partial charge is 0.357 e. The van der Waals surface area contributed by atoms with Gasteiger partial charge in [0.25, 0.3) is 0 Å². The zero-order valence-corrected chi connectivity index (χ0v) is 11.2. The van der Waals surface area contributed by atoms with Crippen molar-refractivity contribution in [2.75, 3.05) is 5.32 Å². The maximum atomic E-state index is 13.1. The molecule has 0 aliphatic rings. The first-order chi connectivity index (χ1) is 9.20. The molecule has 1 atom stereocenters. The smallest absolute Gasteiger partial charge is 0.184 e. The molecule has 19 heavy (non-hydrogen) atoms. The summed E-state index contributed by atoms with van der Waals surface area (Å²) >= 11 is 1.53. The summed E-state index contributed by atoms with van der Waals surface area (Å²) in [5.74, 6) is -0.256. The molecule has 6 heteroatoms. The molecule has 2 aromatic heterocycles. The van der Waals surface area contributed by atoms with Gasteiger partial charge in [0, 0.05) is 24.5 Å². The number of benzene rings is 1. The van der Waals surface area contributed by atoms with Crippen molar-refractivity contribution in [3.05, 3.63) is 42.5 Å². The van der Waals surface area contributed by atoms with Crippen LogP contribution in [0.5, 0.6) is 0 Å². The number of halogens is 1. The minimum Gasteiger partial charge on any atom is -0.357 e. The normalized spacial score (nSPS) is 12.7. The molecule has 98 valence electrons. The zero-order valence-electron chi connectivity index (χ0n) is 10.4. The fourth-order valence-corrected chi connectivity index (χ4v) is 2.87.